The summed E-state index contributed by atoms with van der Waals surface area (Å²) < 4.78 is 0. The van der Waals surface area contributed by atoms with Gasteiger partial charge < -0.3 is 9.80 Å². The monoisotopic (exact) mass is 426 g/mol. The molecule has 0 bridgehead atoms. The first-order chi connectivity index (χ1) is 14.7. The molecule has 0 unspecified atom stereocenters. The maximum absolute atomic E-state index is 13.5. The third-order valence-electron chi connectivity index (χ3n) is 5.86. The molecule has 3 rings (SSSR count). The first-order valence-electron chi connectivity index (χ1n) is 11.3. The van der Waals surface area contributed by atoms with Gasteiger partial charge in [-0.05, 0) is 41.8 Å². The Morgan fingerprint density at radius 1 is 1.07 bits per heavy atom. The maximum atomic E-state index is 13.5. The fourth-order valence-corrected chi connectivity index (χ4v) is 5.06. The number of hydrogen-bond acceptors (Lipinski definition) is 3. The zero-order valence-electron chi connectivity index (χ0n) is 18.3. The Morgan fingerprint density at radius 2 is 1.83 bits per heavy atom. The largest absolute Gasteiger partial charge is 0.333 e. The van der Waals surface area contributed by atoms with Crippen LogP contribution in [-0.2, 0) is 16.0 Å². The van der Waals surface area contributed by atoms with Crippen LogP contribution >= 0.6 is 11.3 Å². The van der Waals surface area contributed by atoms with Gasteiger partial charge in [-0.3, -0.25) is 9.59 Å². The molecular formula is C25H34N2O2S. The second-order valence-electron chi connectivity index (χ2n) is 8.08. The minimum Gasteiger partial charge on any atom is -0.333 e. The summed E-state index contributed by atoms with van der Waals surface area (Å²) in [4.78, 5) is 31.4. The second kappa shape index (κ2) is 11.3. The lowest BCUT2D eigenvalue weighted by Gasteiger charge is -2.37. The van der Waals surface area contributed by atoms with Gasteiger partial charge in [0.15, 0.2) is 0 Å². The topological polar surface area (TPSA) is 40.6 Å². The van der Waals surface area contributed by atoms with Crippen molar-refractivity contribution in [2.24, 2.45) is 0 Å². The van der Waals surface area contributed by atoms with E-state index in [0.29, 0.717) is 19.5 Å². The van der Waals surface area contributed by atoms with Crippen molar-refractivity contribution in [2.45, 2.75) is 64.8 Å². The van der Waals surface area contributed by atoms with E-state index >= 15 is 0 Å². The Balaban J connectivity index is 1.77. The van der Waals surface area contributed by atoms with Crippen LogP contribution in [0.5, 0.6) is 0 Å². The van der Waals surface area contributed by atoms with Crippen molar-refractivity contribution in [1.29, 1.82) is 0 Å². The number of rotatable bonds is 10. The van der Waals surface area contributed by atoms with E-state index in [2.05, 4.69) is 37.4 Å². The molecule has 0 spiro atoms. The molecule has 162 valence electrons. The van der Waals surface area contributed by atoms with Crippen LogP contribution in [0.25, 0.3) is 0 Å². The molecule has 2 amide bonds. The lowest BCUT2D eigenvalue weighted by atomic mass is 9.93. The van der Waals surface area contributed by atoms with E-state index < -0.39 is 0 Å². The molecule has 1 aromatic carbocycles. The normalized spacial score (nSPS) is 15.7. The highest BCUT2D eigenvalue weighted by atomic mass is 32.1. The Morgan fingerprint density at radius 3 is 2.57 bits per heavy atom. The third-order valence-corrected chi connectivity index (χ3v) is 6.85. The summed E-state index contributed by atoms with van der Waals surface area (Å²) >= 11 is 1.78. The van der Waals surface area contributed by atoms with Crippen LogP contribution in [0.1, 0.15) is 74.4 Å². The first-order valence-corrected chi connectivity index (χ1v) is 12.2. The molecule has 2 heterocycles. The Bertz CT molecular complexity index is 818. The number of unbranched alkanes of at least 4 members (excludes halogenated alkanes) is 3. The van der Waals surface area contributed by atoms with E-state index in [-0.39, 0.29) is 24.4 Å². The average molecular weight is 427 g/mol. The molecule has 1 aliphatic rings. The summed E-state index contributed by atoms with van der Waals surface area (Å²) in [5.74, 6) is 0.176. The van der Waals surface area contributed by atoms with Gasteiger partial charge in [0.05, 0.1) is 12.6 Å². The fourth-order valence-electron chi connectivity index (χ4n) is 4.16. The number of carbonyl (C=O) groups excluding carboxylic acids is 2. The molecule has 4 nitrogen and oxygen atoms in total. The molecule has 0 radical (unpaired) electrons. The predicted molar refractivity (Wildman–Crippen MR) is 124 cm³/mol. The Hall–Kier alpha value is -2.14. The van der Waals surface area contributed by atoms with Gasteiger partial charge in [-0.15, -0.1) is 11.3 Å². The van der Waals surface area contributed by atoms with Crippen molar-refractivity contribution in [1.82, 2.24) is 9.80 Å². The van der Waals surface area contributed by atoms with Crippen LogP contribution in [0.2, 0.25) is 0 Å². The standard InChI is InChI=1S/C25H34N2O2S/c1-3-5-8-13-23(28)26(16-6-4-2)19-24(29)27-17-14-22-21(15-18-30-22)25(27)20-11-9-7-10-12-20/h7,9-12,15,18,25H,3-6,8,13-14,16-17,19H2,1-2H3/t25-/m1/s1. The number of benzene rings is 1. The maximum Gasteiger partial charge on any atom is 0.242 e. The van der Waals surface area contributed by atoms with E-state index in [9.17, 15) is 9.59 Å². The van der Waals surface area contributed by atoms with Crippen molar-refractivity contribution in [2.75, 3.05) is 19.6 Å². The Labute approximate surface area is 184 Å². The van der Waals surface area contributed by atoms with Crippen LogP contribution in [0.3, 0.4) is 0 Å². The molecule has 0 saturated carbocycles. The van der Waals surface area contributed by atoms with Gasteiger partial charge in [-0.25, -0.2) is 0 Å². The highest BCUT2D eigenvalue weighted by Gasteiger charge is 2.33. The number of fused-ring (bicyclic) bond motifs is 1. The van der Waals surface area contributed by atoms with Gasteiger partial charge in [0.2, 0.25) is 11.8 Å². The van der Waals surface area contributed by atoms with Gasteiger partial charge in [0.25, 0.3) is 0 Å². The quantitative estimate of drug-likeness (QED) is 0.475. The fraction of sp³-hybridized carbons (Fsp3) is 0.520. The van der Waals surface area contributed by atoms with E-state index in [0.717, 1.165) is 44.1 Å². The SMILES string of the molecule is CCCCCC(=O)N(CCCC)CC(=O)N1CCc2sccc2[C@H]1c1ccccc1. The molecule has 0 saturated heterocycles. The van der Waals surface area contributed by atoms with Crippen molar-refractivity contribution in [3.05, 3.63) is 57.8 Å². The van der Waals surface area contributed by atoms with Gasteiger partial charge >= 0.3 is 0 Å². The molecule has 2 aromatic rings. The molecule has 1 atom stereocenters. The third kappa shape index (κ3) is 5.51. The summed E-state index contributed by atoms with van der Waals surface area (Å²) in [5, 5.41) is 2.12. The molecular weight excluding hydrogens is 392 g/mol. The second-order valence-corrected chi connectivity index (χ2v) is 9.08. The molecule has 30 heavy (non-hydrogen) atoms. The van der Waals surface area contributed by atoms with Crippen molar-refractivity contribution < 1.29 is 9.59 Å². The highest BCUT2D eigenvalue weighted by molar-refractivity contribution is 7.10. The molecule has 0 aliphatic carbocycles. The summed E-state index contributed by atoms with van der Waals surface area (Å²) in [5.41, 5.74) is 2.37. The summed E-state index contributed by atoms with van der Waals surface area (Å²) in [6, 6.07) is 12.4. The molecule has 0 N–H and O–H groups in total. The van der Waals surface area contributed by atoms with E-state index in [1.807, 2.05) is 23.1 Å². The highest BCUT2D eigenvalue weighted by Crippen LogP contribution is 2.37. The molecule has 1 aliphatic heterocycles. The van der Waals surface area contributed by atoms with Crippen LogP contribution in [0, 0.1) is 0 Å². The number of nitrogens with zero attached hydrogens (tertiary/aromatic N) is 2. The van der Waals surface area contributed by atoms with Gasteiger partial charge in [-0.1, -0.05) is 63.4 Å². The Kier molecular flexibility index (Phi) is 8.50. The summed E-state index contributed by atoms with van der Waals surface area (Å²) in [6.45, 7) is 5.82. The van der Waals surface area contributed by atoms with Crippen molar-refractivity contribution in [3.63, 3.8) is 0 Å². The van der Waals surface area contributed by atoms with Gasteiger partial charge in [0, 0.05) is 24.4 Å². The van der Waals surface area contributed by atoms with Gasteiger partial charge in [-0.2, -0.15) is 0 Å². The predicted octanol–water partition coefficient (Wildman–Crippen LogP) is 5.43. The van der Waals surface area contributed by atoms with Crippen LogP contribution in [0.15, 0.2) is 41.8 Å². The van der Waals surface area contributed by atoms with Gasteiger partial charge in [0.1, 0.15) is 0 Å². The summed E-state index contributed by atoms with van der Waals surface area (Å²) in [7, 11) is 0. The van der Waals surface area contributed by atoms with Crippen LogP contribution in [-0.4, -0.2) is 41.2 Å². The zero-order chi connectivity index (χ0) is 21.3. The number of thiophene rings is 1. The smallest absolute Gasteiger partial charge is 0.242 e. The molecule has 0 fully saturated rings. The average Bonchev–Trinajstić information content (AvgIpc) is 3.25. The summed E-state index contributed by atoms with van der Waals surface area (Å²) in [6.07, 6.45) is 6.44. The molecule has 5 heteroatoms. The zero-order valence-corrected chi connectivity index (χ0v) is 19.1. The van der Waals surface area contributed by atoms with Crippen molar-refractivity contribution >= 4 is 23.2 Å². The van der Waals surface area contributed by atoms with E-state index in [4.69, 9.17) is 0 Å². The minimum atomic E-state index is -0.0584. The molecule has 1 aromatic heterocycles. The van der Waals surface area contributed by atoms with Crippen LogP contribution in [0.4, 0.5) is 0 Å². The van der Waals surface area contributed by atoms with E-state index in [1.165, 1.54) is 10.4 Å². The number of amides is 2. The van der Waals surface area contributed by atoms with Crippen LogP contribution < -0.4 is 0 Å². The van der Waals surface area contributed by atoms with Crippen molar-refractivity contribution in [3.8, 4) is 0 Å². The number of carbonyl (C=O) groups is 2. The van der Waals surface area contributed by atoms with E-state index in [1.54, 1.807) is 16.2 Å². The number of hydrogen-bond donors (Lipinski definition) is 0. The first kappa shape index (κ1) is 22.5. The lowest BCUT2D eigenvalue weighted by molar-refractivity contribution is -0.141. The minimum absolute atomic E-state index is 0.0562. The lowest BCUT2D eigenvalue weighted by Crippen LogP contribution is -2.47.